The van der Waals surface area contributed by atoms with Crippen LogP contribution in [0.2, 0.25) is 0 Å². The van der Waals surface area contributed by atoms with E-state index in [-0.39, 0.29) is 17.8 Å². The van der Waals surface area contributed by atoms with Crippen molar-refractivity contribution in [2.75, 3.05) is 5.73 Å². The van der Waals surface area contributed by atoms with Crippen molar-refractivity contribution in [1.82, 2.24) is 4.98 Å². The van der Waals surface area contributed by atoms with Gasteiger partial charge in [0.2, 0.25) is 0 Å². The SMILES string of the molecule is C[C@H](Sc1ccc(N)cc1)C(=O)OCc1cccc2cccnc12. The Balaban J connectivity index is 1.63. The number of nitrogens with two attached hydrogens (primary N) is 1. The second-order valence-electron chi connectivity index (χ2n) is 5.43. The predicted molar refractivity (Wildman–Crippen MR) is 97.7 cm³/mol. The average molecular weight is 338 g/mol. The molecule has 5 heteroatoms. The van der Waals surface area contributed by atoms with Crippen LogP contribution < -0.4 is 5.73 Å². The topological polar surface area (TPSA) is 65.2 Å². The van der Waals surface area contributed by atoms with E-state index in [0.717, 1.165) is 21.4 Å². The number of pyridine rings is 1. The highest BCUT2D eigenvalue weighted by molar-refractivity contribution is 8.00. The van der Waals surface area contributed by atoms with Crippen molar-refractivity contribution in [3.05, 3.63) is 66.4 Å². The number of para-hydroxylation sites is 1. The van der Waals surface area contributed by atoms with Crippen molar-refractivity contribution in [2.45, 2.75) is 23.7 Å². The number of nitrogen functional groups attached to an aromatic ring is 1. The first kappa shape index (κ1) is 16.3. The molecule has 0 radical (unpaired) electrons. The van der Waals surface area contributed by atoms with Crippen LogP contribution in [-0.4, -0.2) is 16.2 Å². The number of thioether (sulfide) groups is 1. The Labute approximate surface area is 145 Å². The normalized spacial score (nSPS) is 12.0. The van der Waals surface area contributed by atoms with Crippen LogP contribution in [0, 0.1) is 0 Å². The number of benzene rings is 2. The van der Waals surface area contributed by atoms with E-state index in [4.69, 9.17) is 10.5 Å². The van der Waals surface area contributed by atoms with Crippen molar-refractivity contribution in [3.8, 4) is 0 Å². The summed E-state index contributed by atoms with van der Waals surface area (Å²) >= 11 is 1.45. The van der Waals surface area contributed by atoms with Crippen LogP contribution in [0.3, 0.4) is 0 Å². The second-order valence-corrected chi connectivity index (χ2v) is 6.84. The molecular formula is C19H18N2O2S. The molecule has 0 bridgehead atoms. The Bertz CT molecular complexity index is 844. The standard InChI is InChI=1S/C19H18N2O2S/c1-13(24-17-9-7-16(20)8-10-17)19(22)23-12-15-5-2-4-14-6-3-11-21-18(14)15/h2-11,13H,12,20H2,1H3/t13-/m0/s1. The average Bonchev–Trinajstić information content (AvgIpc) is 2.61. The zero-order valence-corrected chi connectivity index (χ0v) is 14.1. The number of carbonyl (C=O) groups is 1. The third-order valence-electron chi connectivity index (χ3n) is 3.61. The number of ether oxygens (including phenoxy) is 1. The van der Waals surface area contributed by atoms with Crippen LogP contribution in [0.25, 0.3) is 10.9 Å². The summed E-state index contributed by atoms with van der Waals surface area (Å²) in [5.41, 5.74) is 8.15. The second kappa shape index (κ2) is 7.36. The molecule has 0 amide bonds. The lowest BCUT2D eigenvalue weighted by Gasteiger charge is -2.12. The van der Waals surface area contributed by atoms with E-state index in [0.29, 0.717) is 5.69 Å². The smallest absolute Gasteiger partial charge is 0.319 e. The lowest BCUT2D eigenvalue weighted by atomic mass is 10.1. The molecule has 0 aliphatic heterocycles. The van der Waals surface area contributed by atoms with Gasteiger partial charge in [-0.25, -0.2) is 0 Å². The molecule has 0 unspecified atom stereocenters. The number of nitrogens with zero attached hydrogens (tertiary/aromatic N) is 1. The van der Waals surface area contributed by atoms with E-state index in [1.54, 1.807) is 6.20 Å². The third kappa shape index (κ3) is 3.86. The highest BCUT2D eigenvalue weighted by Crippen LogP contribution is 2.25. The Hall–Kier alpha value is -2.53. The van der Waals surface area contributed by atoms with Crippen LogP contribution >= 0.6 is 11.8 Å². The number of anilines is 1. The van der Waals surface area contributed by atoms with E-state index in [9.17, 15) is 4.79 Å². The van der Waals surface area contributed by atoms with Gasteiger partial charge in [0, 0.05) is 27.7 Å². The van der Waals surface area contributed by atoms with Crippen molar-refractivity contribution >= 4 is 34.3 Å². The molecule has 2 aromatic carbocycles. The fourth-order valence-corrected chi connectivity index (χ4v) is 3.21. The minimum absolute atomic E-state index is 0.222. The van der Waals surface area contributed by atoms with E-state index < -0.39 is 0 Å². The van der Waals surface area contributed by atoms with Gasteiger partial charge in [0.25, 0.3) is 0 Å². The number of carbonyl (C=O) groups excluding carboxylic acids is 1. The van der Waals surface area contributed by atoms with Crippen LogP contribution in [0.5, 0.6) is 0 Å². The Kier molecular flexibility index (Phi) is 5.01. The molecule has 0 saturated carbocycles. The molecule has 0 aliphatic carbocycles. The predicted octanol–water partition coefficient (Wildman–Crippen LogP) is 4.04. The summed E-state index contributed by atoms with van der Waals surface area (Å²) in [6.45, 7) is 2.06. The van der Waals surface area contributed by atoms with Gasteiger partial charge in [-0.1, -0.05) is 24.3 Å². The molecule has 0 fully saturated rings. The molecule has 0 spiro atoms. The molecule has 2 N–H and O–H groups in total. The molecule has 3 rings (SSSR count). The van der Waals surface area contributed by atoms with Crippen molar-refractivity contribution < 1.29 is 9.53 Å². The maximum atomic E-state index is 12.2. The fraction of sp³-hybridized carbons (Fsp3) is 0.158. The lowest BCUT2D eigenvalue weighted by molar-refractivity contribution is -0.143. The molecular weight excluding hydrogens is 320 g/mol. The molecule has 1 aromatic heterocycles. The van der Waals surface area contributed by atoms with E-state index >= 15 is 0 Å². The quantitative estimate of drug-likeness (QED) is 0.432. The molecule has 0 saturated heterocycles. The molecule has 24 heavy (non-hydrogen) atoms. The number of esters is 1. The summed E-state index contributed by atoms with van der Waals surface area (Å²) < 4.78 is 5.47. The number of rotatable bonds is 5. The van der Waals surface area contributed by atoms with Crippen LogP contribution in [0.4, 0.5) is 5.69 Å². The monoisotopic (exact) mass is 338 g/mol. The molecule has 122 valence electrons. The number of aromatic nitrogens is 1. The lowest BCUT2D eigenvalue weighted by Crippen LogP contribution is -2.16. The van der Waals surface area contributed by atoms with Gasteiger partial charge in [0.15, 0.2) is 0 Å². The van der Waals surface area contributed by atoms with Gasteiger partial charge in [-0.3, -0.25) is 9.78 Å². The highest BCUT2D eigenvalue weighted by atomic mass is 32.2. The van der Waals surface area contributed by atoms with E-state index in [2.05, 4.69) is 4.98 Å². The summed E-state index contributed by atoms with van der Waals surface area (Å²) in [4.78, 5) is 17.6. The summed E-state index contributed by atoms with van der Waals surface area (Å²) in [5, 5.41) is 0.743. The van der Waals surface area contributed by atoms with Crippen molar-refractivity contribution in [3.63, 3.8) is 0 Å². The van der Waals surface area contributed by atoms with E-state index in [1.165, 1.54) is 11.8 Å². The Morgan fingerprint density at radius 2 is 1.92 bits per heavy atom. The molecule has 3 aromatic rings. The first-order valence-electron chi connectivity index (χ1n) is 7.65. The minimum atomic E-state index is -0.295. The van der Waals surface area contributed by atoms with Crippen LogP contribution in [-0.2, 0) is 16.1 Å². The van der Waals surface area contributed by atoms with Crippen LogP contribution in [0.1, 0.15) is 12.5 Å². The first-order valence-corrected chi connectivity index (χ1v) is 8.53. The summed E-state index contributed by atoms with van der Waals surface area (Å²) in [6.07, 6.45) is 1.74. The van der Waals surface area contributed by atoms with Gasteiger partial charge in [-0.2, -0.15) is 0 Å². The maximum absolute atomic E-state index is 12.2. The van der Waals surface area contributed by atoms with Crippen molar-refractivity contribution in [1.29, 1.82) is 0 Å². The number of fused-ring (bicyclic) bond motifs is 1. The summed E-state index contributed by atoms with van der Waals surface area (Å²) in [5.74, 6) is -0.246. The van der Waals surface area contributed by atoms with Gasteiger partial charge < -0.3 is 10.5 Å². The zero-order chi connectivity index (χ0) is 16.9. The van der Waals surface area contributed by atoms with Gasteiger partial charge in [-0.15, -0.1) is 11.8 Å². The largest absolute Gasteiger partial charge is 0.460 e. The van der Waals surface area contributed by atoms with E-state index in [1.807, 2.05) is 61.5 Å². The number of hydrogen-bond donors (Lipinski definition) is 1. The molecule has 1 atom stereocenters. The van der Waals surface area contributed by atoms with Gasteiger partial charge >= 0.3 is 5.97 Å². The third-order valence-corrected chi connectivity index (χ3v) is 4.70. The van der Waals surface area contributed by atoms with Crippen molar-refractivity contribution in [2.24, 2.45) is 0 Å². The minimum Gasteiger partial charge on any atom is -0.460 e. The van der Waals surface area contributed by atoms with Gasteiger partial charge in [-0.05, 0) is 37.3 Å². The van der Waals surface area contributed by atoms with Crippen LogP contribution in [0.15, 0.2) is 65.7 Å². The molecule has 1 heterocycles. The first-order chi connectivity index (χ1) is 11.6. The Morgan fingerprint density at radius 1 is 1.17 bits per heavy atom. The Morgan fingerprint density at radius 3 is 2.71 bits per heavy atom. The molecule has 4 nitrogen and oxygen atoms in total. The van der Waals surface area contributed by atoms with Gasteiger partial charge in [0.05, 0.1) is 5.52 Å². The summed E-state index contributed by atoms with van der Waals surface area (Å²) in [7, 11) is 0. The number of hydrogen-bond acceptors (Lipinski definition) is 5. The summed E-state index contributed by atoms with van der Waals surface area (Å²) in [6, 6.07) is 17.2. The maximum Gasteiger partial charge on any atom is 0.319 e. The zero-order valence-electron chi connectivity index (χ0n) is 13.3. The van der Waals surface area contributed by atoms with Gasteiger partial charge in [0.1, 0.15) is 11.9 Å². The highest BCUT2D eigenvalue weighted by Gasteiger charge is 2.16. The fourth-order valence-electron chi connectivity index (χ4n) is 2.35. The molecule has 0 aliphatic rings.